The third kappa shape index (κ3) is 11.3. The average molecular weight is 538 g/mol. The average Bonchev–Trinajstić information content (AvgIpc) is 2.95. The number of benzene rings is 2. The number of hydrogen-bond donors (Lipinski definition) is 5. The molecule has 39 heavy (non-hydrogen) atoms. The number of aromatic nitrogens is 3. The fourth-order valence-corrected chi connectivity index (χ4v) is 3.30. The van der Waals surface area contributed by atoms with Crippen molar-refractivity contribution in [1.82, 2.24) is 20.3 Å². The summed E-state index contributed by atoms with van der Waals surface area (Å²) in [5, 5.41) is 21.0. The first-order valence-corrected chi connectivity index (χ1v) is 12.8. The second-order valence-electron chi connectivity index (χ2n) is 8.45. The Labute approximate surface area is 227 Å². The fraction of sp³-hybridized carbons (Fsp3) is 0.370. The van der Waals surface area contributed by atoms with E-state index in [4.69, 9.17) is 9.47 Å². The molecule has 0 aliphatic rings. The largest absolute Gasteiger partial charge is 0.480 e. The van der Waals surface area contributed by atoms with Crippen LogP contribution >= 0.6 is 0 Å². The van der Waals surface area contributed by atoms with Gasteiger partial charge in [0, 0.05) is 25.2 Å². The summed E-state index contributed by atoms with van der Waals surface area (Å²) in [6.45, 7) is 4.49. The van der Waals surface area contributed by atoms with Crippen molar-refractivity contribution in [3.63, 3.8) is 0 Å². The van der Waals surface area contributed by atoms with Crippen molar-refractivity contribution in [3.05, 3.63) is 71.8 Å². The second-order valence-corrected chi connectivity index (χ2v) is 8.45. The Balaban J connectivity index is 1.35. The van der Waals surface area contributed by atoms with Gasteiger partial charge in [-0.3, -0.25) is 9.59 Å². The van der Waals surface area contributed by atoms with E-state index in [2.05, 4.69) is 36.2 Å². The molecule has 0 radical (unpaired) electrons. The van der Waals surface area contributed by atoms with Crippen LogP contribution in [-0.4, -0.2) is 84.0 Å². The minimum Gasteiger partial charge on any atom is -0.480 e. The summed E-state index contributed by atoms with van der Waals surface area (Å²) in [4.78, 5) is 36.1. The van der Waals surface area contributed by atoms with Crippen LogP contribution in [0, 0.1) is 0 Å². The molecule has 0 aliphatic carbocycles. The Kier molecular flexibility index (Phi) is 12.4. The molecule has 0 aliphatic heterocycles. The number of nitrogens with zero attached hydrogens (tertiary/aromatic N) is 3. The normalized spacial score (nSPS) is 11.4. The lowest BCUT2D eigenvalue weighted by Gasteiger charge is -2.13. The van der Waals surface area contributed by atoms with Gasteiger partial charge in [-0.15, -0.1) is 0 Å². The number of anilines is 3. The molecular weight excluding hydrogens is 502 g/mol. The lowest BCUT2D eigenvalue weighted by molar-refractivity contribution is -0.137. The fourth-order valence-electron chi connectivity index (χ4n) is 3.30. The zero-order chi connectivity index (χ0) is 27.7. The highest BCUT2D eigenvalue weighted by atomic mass is 16.5. The first-order chi connectivity index (χ1) is 19.0. The quantitative estimate of drug-likeness (QED) is 0.152. The summed E-state index contributed by atoms with van der Waals surface area (Å²) in [5.41, 5.74) is 1.79. The van der Waals surface area contributed by atoms with E-state index in [-0.39, 0.29) is 11.9 Å². The number of nitrogens with one attached hydrogen (secondary N) is 4. The molecule has 1 atom stereocenters. The zero-order valence-electron chi connectivity index (χ0n) is 21.9. The van der Waals surface area contributed by atoms with Gasteiger partial charge in [0.15, 0.2) is 0 Å². The van der Waals surface area contributed by atoms with E-state index in [9.17, 15) is 14.7 Å². The van der Waals surface area contributed by atoms with E-state index in [0.29, 0.717) is 63.5 Å². The Morgan fingerprint density at radius 1 is 0.769 bits per heavy atom. The van der Waals surface area contributed by atoms with E-state index >= 15 is 0 Å². The summed E-state index contributed by atoms with van der Waals surface area (Å²) >= 11 is 0. The van der Waals surface area contributed by atoms with E-state index in [1.54, 1.807) is 12.1 Å². The highest BCUT2D eigenvalue weighted by molar-refractivity contribution is 5.94. The summed E-state index contributed by atoms with van der Waals surface area (Å²) < 4.78 is 11.1. The first kappa shape index (κ1) is 29.3. The number of hydrogen-bond acceptors (Lipinski definition) is 10. The lowest BCUT2D eigenvalue weighted by atomic mass is 10.1. The zero-order valence-corrected chi connectivity index (χ0v) is 21.9. The van der Waals surface area contributed by atoms with Crippen molar-refractivity contribution in [2.45, 2.75) is 19.4 Å². The van der Waals surface area contributed by atoms with Gasteiger partial charge in [0.1, 0.15) is 6.04 Å². The van der Waals surface area contributed by atoms with Gasteiger partial charge in [0.05, 0.1) is 26.4 Å². The van der Waals surface area contributed by atoms with Crippen molar-refractivity contribution in [3.8, 4) is 0 Å². The van der Waals surface area contributed by atoms with Crippen molar-refractivity contribution < 1.29 is 24.2 Å². The number of carboxylic acids is 1. The Hall–Kier alpha value is -4.29. The molecule has 0 unspecified atom stereocenters. The van der Waals surface area contributed by atoms with Crippen LogP contribution in [0.25, 0.3) is 0 Å². The van der Waals surface area contributed by atoms with Crippen molar-refractivity contribution >= 4 is 29.7 Å². The van der Waals surface area contributed by atoms with Crippen molar-refractivity contribution in [2.24, 2.45) is 0 Å². The molecule has 5 N–H and O–H groups in total. The summed E-state index contributed by atoms with van der Waals surface area (Å²) in [6, 6.07) is 18.2. The number of amides is 1. The second kappa shape index (κ2) is 16.5. The molecule has 1 amide bonds. The molecule has 1 aromatic heterocycles. The van der Waals surface area contributed by atoms with Crippen LogP contribution in [0.15, 0.2) is 60.7 Å². The molecule has 0 fully saturated rings. The van der Waals surface area contributed by atoms with Crippen LogP contribution in [0.4, 0.5) is 17.8 Å². The van der Waals surface area contributed by atoms with E-state index in [1.807, 2.05) is 48.5 Å². The smallest absolute Gasteiger partial charge is 0.325 e. The summed E-state index contributed by atoms with van der Waals surface area (Å²) in [5.74, 6) is -0.375. The maximum atomic E-state index is 12.0. The van der Waals surface area contributed by atoms with Gasteiger partial charge < -0.3 is 35.8 Å². The van der Waals surface area contributed by atoms with E-state index in [1.165, 1.54) is 12.5 Å². The predicted molar refractivity (Wildman–Crippen MR) is 148 cm³/mol. The monoisotopic (exact) mass is 537 g/mol. The highest BCUT2D eigenvalue weighted by Gasteiger charge is 2.14. The van der Waals surface area contributed by atoms with E-state index < -0.39 is 12.0 Å². The van der Waals surface area contributed by atoms with Crippen LogP contribution < -0.4 is 21.3 Å². The van der Waals surface area contributed by atoms with Crippen LogP contribution in [0.1, 0.15) is 22.8 Å². The number of aliphatic carboxylic acids is 1. The molecule has 3 rings (SSSR count). The van der Waals surface area contributed by atoms with Gasteiger partial charge in [0.2, 0.25) is 17.8 Å². The van der Waals surface area contributed by atoms with Crippen molar-refractivity contribution in [1.29, 1.82) is 0 Å². The van der Waals surface area contributed by atoms with E-state index in [0.717, 1.165) is 6.42 Å². The number of carbonyl (C=O) groups is 2. The molecule has 2 aromatic carbocycles. The molecule has 0 spiro atoms. The molecule has 12 nitrogen and oxygen atoms in total. The Morgan fingerprint density at radius 2 is 1.33 bits per heavy atom. The lowest BCUT2D eigenvalue weighted by Crippen LogP contribution is -2.27. The number of rotatable bonds is 18. The molecule has 12 heteroatoms. The minimum atomic E-state index is -1.02. The summed E-state index contributed by atoms with van der Waals surface area (Å²) in [7, 11) is 0. The Morgan fingerprint density at radius 3 is 1.97 bits per heavy atom. The predicted octanol–water partition coefficient (Wildman–Crippen LogP) is 2.29. The third-order valence-electron chi connectivity index (χ3n) is 5.36. The SMILES string of the molecule is C[C@H](Nc1nc(NCCOCCOCCNC(=O)c2ccccc2)nc(NCCc2ccccc2)n1)C(=O)O. The van der Waals surface area contributed by atoms with Crippen LogP contribution in [-0.2, 0) is 20.7 Å². The van der Waals surface area contributed by atoms with Crippen LogP contribution in [0.5, 0.6) is 0 Å². The van der Waals surface area contributed by atoms with Gasteiger partial charge in [-0.2, -0.15) is 15.0 Å². The van der Waals surface area contributed by atoms with Gasteiger partial charge in [-0.05, 0) is 31.0 Å². The number of carboxylic acid groups (broad SMARTS) is 1. The Bertz CT molecular complexity index is 1150. The minimum absolute atomic E-state index is 0.134. The van der Waals surface area contributed by atoms with Gasteiger partial charge in [-0.25, -0.2) is 0 Å². The molecule has 3 aromatic rings. The third-order valence-corrected chi connectivity index (χ3v) is 5.36. The number of carbonyl (C=O) groups excluding carboxylic acids is 1. The van der Waals surface area contributed by atoms with Crippen LogP contribution in [0.2, 0.25) is 0 Å². The standard InChI is InChI=1S/C27H35N7O5/c1-20(24(36)37)31-27-33-25(29-13-12-21-8-4-2-5-9-21)32-26(34-27)30-15-17-39-19-18-38-16-14-28-23(35)22-10-6-3-7-11-22/h2-11,20H,12-19H2,1H3,(H,28,35)(H,36,37)(H3,29,30,31,32,33,34)/t20-/m0/s1. The summed E-state index contributed by atoms with van der Waals surface area (Å²) in [6.07, 6.45) is 0.777. The van der Waals surface area contributed by atoms with Gasteiger partial charge in [0.25, 0.3) is 5.91 Å². The van der Waals surface area contributed by atoms with Crippen LogP contribution in [0.3, 0.4) is 0 Å². The maximum absolute atomic E-state index is 12.0. The first-order valence-electron chi connectivity index (χ1n) is 12.8. The maximum Gasteiger partial charge on any atom is 0.325 e. The van der Waals surface area contributed by atoms with Gasteiger partial charge in [-0.1, -0.05) is 48.5 Å². The number of ether oxygens (including phenoxy) is 2. The topological polar surface area (TPSA) is 160 Å². The highest BCUT2D eigenvalue weighted by Crippen LogP contribution is 2.11. The molecule has 0 saturated heterocycles. The molecule has 208 valence electrons. The molecule has 0 saturated carbocycles. The molecule has 0 bridgehead atoms. The van der Waals surface area contributed by atoms with Gasteiger partial charge >= 0.3 is 5.97 Å². The molecule has 1 heterocycles. The van der Waals surface area contributed by atoms with Crippen molar-refractivity contribution in [2.75, 3.05) is 62.0 Å². The molecular formula is C27H35N7O5.